The van der Waals surface area contributed by atoms with Crippen LogP contribution in [0.1, 0.15) is 5.56 Å². The van der Waals surface area contributed by atoms with Gasteiger partial charge in [0.25, 0.3) is 5.91 Å². The Kier molecular flexibility index (Phi) is 2.18. The Morgan fingerprint density at radius 2 is 1.94 bits per heavy atom. The van der Waals surface area contributed by atoms with Gasteiger partial charge in [0, 0.05) is 6.21 Å². The number of hydrogen-bond acceptors (Lipinski definition) is 4. The Bertz CT molecular complexity index is 498. The van der Waals surface area contributed by atoms with Gasteiger partial charge < -0.3 is 0 Å². The fourth-order valence-electron chi connectivity index (χ4n) is 2.16. The molecule has 2 heterocycles. The largest absolute Gasteiger partial charge is 0.297 e. The van der Waals surface area contributed by atoms with Crippen molar-refractivity contribution in [3.05, 3.63) is 35.9 Å². The molecule has 2 amide bonds. The average molecular weight is 229 g/mol. The number of nitrogens with zero attached hydrogens (tertiary/aromatic N) is 2. The number of fused-ring (bicyclic) bond motifs is 1. The van der Waals surface area contributed by atoms with E-state index in [1.54, 1.807) is 0 Å². The lowest BCUT2D eigenvalue weighted by molar-refractivity contribution is -0.140. The van der Waals surface area contributed by atoms with Crippen LogP contribution in [0.25, 0.3) is 0 Å². The molecule has 3 rings (SSSR count). The molecule has 0 bridgehead atoms. The first-order chi connectivity index (χ1) is 8.27. The molecule has 17 heavy (non-hydrogen) atoms. The summed E-state index contributed by atoms with van der Waals surface area (Å²) in [4.78, 5) is 25.2. The predicted octanol–water partition coefficient (Wildman–Crippen LogP) is 0.129. The van der Waals surface area contributed by atoms with Gasteiger partial charge in [-0.05, 0) is 5.56 Å². The summed E-state index contributed by atoms with van der Waals surface area (Å²) in [5.41, 5.74) is 3.62. The summed E-state index contributed by atoms with van der Waals surface area (Å²) in [6.07, 6.45) is 1.51. The Morgan fingerprint density at radius 3 is 2.65 bits per heavy atom. The molecule has 0 aliphatic carbocycles. The number of carbonyl (C=O) groups excluding carboxylic acids is 2. The number of amides is 2. The molecular weight excluding hydrogens is 218 g/mol. The summed E-state index contributed by atoms with van der Waals surface area (Å²) >= 11 is 0. The van der Waals surface area contributed by atoms with Gasteiger partial charge in [-0.3, -0.25) is 19.9 Å². The van der Waals surface area contributed by atoms with E-state index in [2.05, 4.69) is 10.5 Å². The molecule has 2 atom stereocenters. The highest BCUT2D eigenvalue weighted by atomic mass is 16.2. The van der Waals surface area contributed by atoms with E-state index >= 15 is 0 Å². The summed E-state index contributed by atoms with van der Waals surface area (Å²) in [7, 11) is 0. The number of carbonyl (C=O) groups is 2. The van der Waals surface area contributed by atoms with Gasteiger partial charge in [0.2, 0.25) is 5.91 Å². The average Bonchev–Trinajstić information content (AvgIpc) is 2.91. The zero-order chi connectivity index (χ0) is 11.8. The summed E-state index contributed by atoms with van der Waals surface area (Å²) in [6, 6.07) is 8.99. The van der Waals surface area contributed by atoms with Crippen molar-refractivity contribution in [2.24, 2.45) is 11.0 Å². The van der Waals surface area contributed by atoms with E-state index in [0.717, 1.165) is 5.56 Å². The molecule has 1 aromatic rings. The van der Waals surface area contributed by atoms with Crippen LogP contribution in [0.2, 0.25) is 0 Å². The summed E-state index contributed by atoms with van der Waals surface area (Å²) in [5, 5.41) is 3.77. The van der Waals surface area contributed by atoms with Gasteiger partial charge in [0.15, 0.2) is 0 Å². The predicted molar refractivity (Wildman–Crippen MR) is 60.9 cm³/mol. The molecule has 2 aliphatic heterocycles. The van der Waals surface area contributed by atoms with Gasteiger partial charge in [-0.25, -0.2) is 0 Å². The number of rotatable bonds is 2. The van der Waals surface area contributed by atoms with Crippen molar-refractivity contribution in [3.63, 3.8) is 0 Å². The first-order valence-electron chi connectivity index (χ1n) is 5.45. The summed E-state index contributed by atoms with van der Waals surface area (Å²) in [6.45, 7) is 0.334. The van der Waals surface area contributed by atoms with E-state index in [-0.39, 0.29) is 11.8 Å². The number of likely N-dealkylation sites (tertiary alicyclic amines) is 1. The van der Waals surface area contributed by atoms with Crippen molar-refractivity contribution >= 4 is 18.0 Å². The van der Waals surface area contributed by atoms with Crippen LogP contribution in [0.3, 0.4) is 0 Å². The van der Waals surface area contributed by atoms with Crippen LogP contribution in [0.15, 0.2) is 35.4 Å². The van der Waals surface area contributed by atoms with Crippen molar-refractivity contribution in [2.45, 2.75) is 12.6 Å². The molecule has 1 aromatic carbocycles. The van der Waals surface area contributed by atoms with Crippen LogP contribution in [-0.4, -0.2) is 29.0 Å². The zero-order valence-electron chi connectivity index (χ0n) is 9.04. The topological polar surface area (TPSA) is 61.8 Å². The quantitative estimate of drug-likeness (QED) is 0.733. The maximum Gasteiger partial charge on any atom is 0.254 e. The van der Waals surface area contributed by atoms with Crippen molar-refractivity contribution in [2.75, 3.05) is 0 Å². The zero-order valence-corrected chi connectivity index (χ0v) is 9.04. The standard InChI is InChI=1S/C12H11N3O2/c16-11-9-6-13-14-10(9)12(17)15(11)7-8-4-2-1-3-5-8/h1-6,9-10,14H,7H2. The van der Waals surface area contributed by atoms with Gasteiger partial charge in [-0.15, -0.1) is 0 Å². The van der Waals surface area contributed by atoms with E-state index in [0.29, 0.717) is 6.54 Å². The second kappa shape index (κ2) is 3.69. The maximum absolute atomic E-state index is 12.0. The monoisotopic (exact) mass is 229 g/mol. The second-order valence-corrected chi connectivity index (χ2v) is 4.16. The van der Waals surface area contributed by atoms with Gasteiger partial charge >= 0.3 is 0 Å². The number of hydrogen-bond donors (Lipinski definition) is 1. The third kappa shape index (κ3) is 1.51. The minimum absolute atomic E-state index is 0.169. The molecular formula is C12H11N3O2. The van der Waals surface area contributed by atoms with Gasteiger partial charge in [-0.2, -0.15) is 5.10 Å². The number of imide groups is 1. The van der Waals surface area contributed by atoms with Crippen LogP contribution in [0.5, 0.6) is 0 Å². The first kappa shape index (κ1) is 10.0. The van der Waals surface area contributed by atoms with Crippen molar-refractivity contribution in [1.29, 1.82) is 0 Å². The molecule has 2 aliphatic rings. The molecule has 5 nitrogen and oxygen atoms in total. The lowest BCUT2D eigenvalue weighted by atomic mass is 10.1. The third-order valence-electron chi connectivity index (χ3n) is 3.07. The van der Waals surface area contributed by atoms with Crippen LogP contribution < -0.4 is 5.43 Å². The fraction of sp³-hybridized carbons (Fsp3) is 0.250. The minimum Gasteiger partial charge on any atom is -0.297 e. The molecule has 1 fully saturated rings. The first-order valence-corrected chi connectivity index (χ1v) is 5.45. The van der Waals surface area contributed by atoms with Gasteiger partial charge in [0.05, 0.1) is 6.54 Å². The van der Waals surface area contributed by atoms with E-state index in [1.807, 2.05) is 30.3 Å². The van der Waals surface area contributed by atoms with Gasteiger partial charge in [0.1, 0.15) is 12.0 Å². The Balaban J connectivity index is 1.83. The summed E-state index contributed by atoms with van der Waals surface area (Å²) < 4.78 is 0. The van der Waals surface area contributed by atoms with Crippen molar-refractivity contribution in [1.82, 2.24) is 10.3 Å². The van der Waals surface area contributed by atoms with Crippen LogP contribution in [0, 0.1) is 5.92 Å². The van der Waals surface area contributed by atoms with Crippen LogP contribution in [-0.2, 0) is 16.1 Å². The second-order valence-electron chi connectivity index (χ2n) is 4.16. The van der Waals surface area contributed by atoms with Crippen molar-refractivity contribution < 1.29 is 9.59 Å². The van der Waals surface area contributed by atoms with E-state index < -0.39 is 12.0 Å². The highest BCUT2D eigenvalue weighted by Gasteiger charge is 2.48. The van der Waals surface area contributed by atoms with E-state index in [1.165, 1.54) is 11.1 Å². The molecule has 0 saturated carbocycles. The smallest absolute Gasteiger partial charge is 0.254 e. The lowest BCUT2D eigenvalue weighted by Gasteiger charge is -2.14. The molecule has 1 N–H and O–H groups in total. The number of benzene rings is 1. The number of hydrazone groups is 1. The maximum atomic E-state index is 12.0. The fourth-order valence-corrected chi connectivity index (χ4v) is 2.16. The van der Waals surface area contributed by atoms with Crippen LogP contribution in [0.4, 0.5) is 0 Å². The molecule has 1 saturated heterocycles. The highest BCUT2D eigenvalue weighted by molar-refractivity contribution is 6.14. The molecule has 2 unspecified atom stereocenters. The molecule has 0 aromatic heterocycles. The van der Waals surface area contributed by atoms with Gasteiger partial charge in [-0.1, -0.05) is 30.3 Å². The van der Waals surface area contributed by atoms with Crippen LogP contribution >= 0.6 is 0 Å². The van der Waals surface area contributed by atoms with E-state index in [4.69, 9.17) is 0 Å². The Labute approximate surface area is 98.1 Å². The lowest BCUT2D eigenvalue weighted by Crippen LogP contribution is -2.35. The number of nitrogens with one attached hydrogen (secondary N) is 1. The molecule has 0 radical (unpaired) electrons. The third-order valence-corrected chi connectivity index (χ3v) is 3.07. The Hall–Kier alpha value is -2.17. The minimum atomic E-state index is -0.494. The molecule has 5 heteroatoms. The molecule has 0 spiro atoms. The Morgan fingerprint density at radius 1 is 1.18 bits per heavy atom. The van der Waals surface area contributed by atoms with E-state index in [9.17, 15) is 9.59 Å². The SMILES string of the molecule is O=C1C2C=NNC2C(=O)N1Cc1ccccc1. The summed E-state index contributed by atoms with van der Waals surface area (Å²) in [5.74, 6) is -0.787. The molecule has 86 valence electrons. The normalized spacial score (nSPS) is 26.2. The highest BCUT2D eigenvalue weighted by Crippen LogP contribution is 2.23. The van der Waals surface area contributed by atoms with Crippen molar-refractivity contribution in [3.8, 4) is 0 Å².